The molecule has 19 heavy (non-hydrogen) atoms. The predicted octanol–water partition coefficient (Wildman–Crippen LogP) is 3.06. The summed E-state index contributed by atoms with van der Waals surface area (Å²) in [6, 6.07) is -0.0433. The largest absolute Gasteiger partial charge is 0.480 e. The highest BCUT2D eigenvalue weighted by atomic mass is 16.4. The lowest BCUT2D eigenvalue weighted by molar-refractivity contribution is -0.145. The van der Waals surface area contributed by atoms with Crippen molar-refractivity contribution in [2.45, 2.75) is 71.3 Å². The van der Waals surface area contributed by atoms with Crippen LogP contribution >= 0.6 is 0 Å². The van der Waals surface area contributed by atoms with E-state index in [-0.39, 0.29) is 18.5 Å². The SMILES string of the molecule is CC(C)N(CC(=O)O)C(=O)CCCC1CCCCC1. The molecule has 4 heteroatoms. The van der Waals surface area contributed by atoms with E-state index in [1.807, 2.05) is 13.8 Å². The summed E-state index contributed by atoms with van der Waals surface area (Å²) in [6.45, 7) is 3.55. The van der Waals surface area contributed by atoms with Gasteiger partial charge in [-0.25, -0.2) is 0 Å². The first-order chi connectivity index (χ1) is 9.00. The molecule has 0 spiro atoms. The van der Waals surface area contributed by atoms with Crippen molar-refractivity contribution in [3.8, 4) is 0 Å². The third kappa shape index (κ3) is 6.08. The summed E-state index contributed by atoms with van der Waals surface area (Å²) < 4.78 is 0. The zero-order valence-electron chi connectivity index (χ0n) is 12.2. The third-order valence-electron chi connectivity index (χ3n) is 3.98. The lowest BCUT2D eigenvalue weighted by Crippen LogP contribution is -2.40. The fourth-order valence-electron chi connectivity index (χ4n) is 2.87. The van der Waals surface area contributed by atoms with E-state index in [2.05, 4.69) is 0 Å². The van der Waals surface area contributed by atoms with Crippen molar-refractivity contribution >= 4 is 11.9 Å². The molecule has 1 aliphatic rings. The molecule has 0 bridgehead atoms. The molecule has 0 aromatic heterocycles. The third-order valence-corrected chi connectivity index (χ3v) is 3.98. The molecule has 1 N–H and O–H groups in total. The van der Waals surface area contributed by atoms with Crippen LogP contribution in [0.1, 0.15) is 65.2 Å². The highest BCUT2D eigenvalue weighted by Gasteiger charge is 2.20. The van der Waals surface area contributed by atoms with Gasteiger partial charge in [0.2, 0.25) is 5.91 Å². The number of rotatable bonds is 7. The Morgan fingerprint density at radius 2 is 1.84 bits per heavy atom. The van der Waals surface area contributed by atoms with Crippen LogP contribution in [-0.2, 0) is 9.59 Å². The number of aliphatic carboxylic acids is 1. The van der Waals surface area contributed by atoms with E-state index >= 15 is 0 Å². The number of carboxylic acids is 1. The van der Waals surface area contributed by atoms with E-state index in [4.69, 9.17) is 5.11 Å². The topological polar surface area (TPSA) is 57.6 Å². The molecule has 0 heterocycles. The first-order valence-corrected chi connectivity index (χ1v) is 7.52. The first-order valence-electron chi connectivity index (χ1n) is 7.52. The molecule has 4 nitrogen and oxygen atoms in total. The number of hydrogen-bond donors (Lipinski definition) is 1. The molecule has 0 unspecified atom stereocenters. The maximum absolute atomic E-state index is 12.0. The van der Waals surface area contributed by atoms with Crippen LogP contribution in [0.3, 0.4) is 0 Å². The molecular formula is C15H27NO3. The van der Waals surface area contributed by atoms with E-state index in [0.717, 1.165) is 18.8 Å². The van der Waals surface area contributed by atoms with Gasteiger partial charge in [-0.1, -0.05) is 32.1 Å². The molecular weight excluding hydrogens is 242 g/mol. The van der Waals surface area contributed by atoms with Gasteiger partial charge in [-0.2, -0.15) is 0 Å². The van der Waals surface area contributed by atoms with Gasteiger partial charge < -0.3 is 10.0 Å². The summed E-state index contributed by atoms with van der Waals surface area (Å²) in [5.41, 5.74) is 0. The van der Waals surface area contributed by atoms with E-state index in [1.54, 1.807) is 0 Å². The quantitative estimate of drug-likeness (QED) is 0.772. The van der Waals surface area contributed by atoms with Gasteiger partial charge in [0.05, 0.1) is 0 Å². The van der Waals surface area contributed by atoms with Crippen LogP contribution in [0.15, 0.2) is 0 Å². The van der Waals surface area contributed by atoms with Crippen LogP contribution in [0, 0.1) is 5.92 Å². The Morgan fingerprint density at radius 3 is 2.37 bits per heavy atom. The van der Waals surface area contributed by atoms with Crippen molar-refractivity contribution in [3.63, 3.8) is 0 Å². The Labute approximate surface area is 116 Å². The fraction of sp³-hybridized carbons (Fsp3) is 0.867. The summed E-state index contributed by atoms with van der Waals surface area (Å²) in [5, 5.41) is 8.82. The van der Waals surface area contributed by atoms with E-state index in [9.17, 15) is 9.59 Å². The Balaban J connectivity index is 2.29. The van der Waals surface area contributed by atoms with Crippen LogP contribution < -0.4 is 0 Å². The predicted molar refractivity (Wildman–Crippen MR) is 74.9 cm³/mol. The van der Waals surface area contributed by atoms with Gasteiger partial charge in [0, 0.05) is 12.5 Å². The lowest BCUT2D eigenvalue weighted by atomic mass is 9.86. The summed E-state index contributed by atoms with van der Waals surface area (Å²) in [5.74, 6) is -0.170. The maximum atomic E-state index is 12.0. The van der Waals surface area contributed by atoms with Gasteiger partial charge in [0.25, 0.3) is 0 Å². The van der Waals surface area contributed by atoms with Gasteiger partial charge in [0.15, 0.2) is 0 Å². The number of nitrogens with zero attached hydrogens (tertiary/aromatic N) is 1. The molecule has 1 aliphatic carbocycles. The van der Waals surface area contributed by atoms with Crippen LogP contribution in [-0.4, -0.2) is 34.5 Å². The summed E-state index contributed by atoms with van der Waals surface area (Å²) in [7, 11) is 0. The Bertz CT molecular complexity index is 296. The van der Waals surface area contributed by atoms with Crippen molar-refractivity contribution in [1.82, 2.24) is 4.90 Å². The van der Waals surface area contributed by atoms with Gasteiger partial charge in [-0.05, 0) is 32.6 Å². The standard InChI is InChI=1S/C15H27NO3/c1-12(2)16(11-15(18)19)14(17)10-6-9-13-7-4-3-5-8-13/h12-13H,3-11H2,1-2H3,(H,18,19). The molecule has 0 aliphatic heterocycles. The highest BCUT2D eigenvalue weighted by Crippen LogP contribution is 2.27. The van der Waals surface area contributed by atoms with E-state index in [1.165, 1.54) is 37.0 Å². The second kappa shape index (κ2) is 8.18. The van der Waals surface area contributed by atoms with Crippen LogP contribution in [0.2, 0.25) is 0 Å². The normalized spacial score (nSPS) is 16.6. The molecule has 0 radical (unpaired) electrons. The summed E-state index contributed by atoms with van der Waals surface area (Å²) in [6.07, 6.45) is 9.12. The highest BCUT2D eigenvalue weighted by molar-refractivity contribution is 5.81. The van der Waals surface area contributed by atoms with E-state index in [0.29, 0.717) is 6.42 Å². The second-order valence-electron chi connectivity index (χ2n) is 5.91. The second-order valence-corrected chi connectivity index (χ2v) is 5.91. The zero-order chi connectivity index (χ0) is 14.3. The van der Waals surface area contributed by atoms with Crippen molar-refractivity contribution in [2.24, 2.45) is 5.92 Å². The molecule has 0 atom stereocenters. The maximum Gasteiger partial charge on any atom is 0.323 e. The minimum absolute atomic E-state index is 0.0202. The van der Waals surface area contributed by atoms with Gasteiger partial charge in [0.1, 0.15) is 6.54 Å². The molecule has 0 aromatic rings. The fourth-order valence-corrected chi connectivity index (χ4v) is 2.87. The molecule has 0 saturated heterocycles. The number of carbonyl (C=O) groups is 2. The zero-order valence-corrected chi connectivity index (χ0v) is 12.2. The Hall–Kier alpha value is -1.06. The van der Waals surface area contributed by atoms with Crippen molar-refractivity contribution in [3.05, 3.63) is 0 Å². The number of carboxylic acid groups (broad SMARTS) is 1. The lowest BCUT2D eigenvalue weighted by Gasteiger charge is -2.26. The molecule has 110 valence electrons. The summed E-state index contributed by atoms with van der Waals surface area (Å²) >= 11 is 0. The van der Waals surface area contributed by atoms with Crippen molar-refractivity contribution < 1.29 is 14.7 Å². The van der Waals surface area contributed by atoms with Crippen LogP contribution in [0.25, 0.3) is 0 Å². The smallest absolute Gasteiger partial charge is 0.323 e. The van der Waals surface area contributed by atoms with Crippen LogP contribution in [0.4, 0.5) is 0 Å². The average molecular weight is 269 g/mol. The molecule has 1 amide bonds. The average Bonchev–Trinajstić information content (AvgIpc) is 2.36. The van der Waals surface area contributed by atoms with Crippen molar-refractivity contribution in [2.75, 3.05) is 6.54 Å². The Morgan fingerprint density at radius 1 is 1.21 bits per heavy atom. The molecule has 1 fully saturated rings. The Kier molecular flexibility index (Phi) is 6.89. The summed E-state index contributed by atoms with van der Waals surface area (Å²) in [4.78, 5) is 24.2. The molecule has 0 aromatic carbocycles. The first kappa shape index (κ1) is 16.0. The monoisotopic (exact) mass is 269 g/mol. The molecule has 1 saturated carbocycles. The van der Waals surface area contributed by atoms with Gasteiger partial charge in [-0.15, -0.1) is 0 Å². The number of amides is 1. The van der Waals surface area contributed by atoms with Gasteiger partial charge >= 0.3 is 5.97 Å². The van der Waals surface area contributed by atoms with Gasteiger partial charge in [-0.3, -0.25) is 9.59 Å². The minimum atomic E-state index is -0.936. The van der Waals surface area contributed by atoms with Crippen LogP contribution in [0.5, 0.6) is 0 Å². The number of hydrogen-bond acceptors (Lipinski definition) is 2. The molecule has 1 rings (SSSR count). The van der Waals surface area contributed by atoms with E-state index < -0.39 is 5.97 Å². The minimum Gasteiger partial charge on any atom is -0.480 e. The number of carbonyl (C=O) groups excluding carboxylic acids is 1. The van der Waals surface area contributed by atoms with Crippen molar-refractivity contribution in [1.29, 1.82) is 0 Å².